The predicted molar refractivity (Wildman–Crippen MR) is 149 cm³/mol. The van der Waals surface area contributed by atoms with E-state index in [9.17, 15) is 19.1 Å². The van der Waals surface area contributed by atoms with Gasteiger partial charge in [-0.1, -0.05) is 23.7 Å². The number of rotatable bonds is 16. The van der Waals surface area contributed by atoms with Crippen molar-refractivity contribution in [3.63, 3.8) is 0 Å². The molecule has 1 unspecified atom stereocenters. The van der Waals surface area contributed by atoms with Crippen LogP contribution in [0.15, 0.2) is 72.8 Å². The standard InChI is InChI=1S/C30H33ClFNO7/c1-2-37-28(29(34)35)21-22-5-11-25(12-6-22)39-20-18-33(30(36)40-27-13-7-23(31)8-14-27)17-3-4-19-38-26-15-9-24(32)10-16-26/h5-16,28H,2-4,17-21H2,1H3,(H,34,35). The van der Waals surface area contributed by atoms with Gasteiger partial charge >= 0.3 is 12.1 Å². The Kier molecular flexibility index (Phi) is 12.5. The number of carbonyl (C=O) groups is 2. The summed E-state index contributed by atoms with van der Waals surface area (Å²) in [6.07, 6.45) is 0.146. The molecular formula is C30H33ClFNO7. The van der Waals surface area contributed by atoms with Gasteiger partial charge < -0.3 is 29.0 Å². The summed E-state index contributed by atoms with van der Waals surface area (Å²) < 4.78 is 35.3. The Balaban J connectivity index is 1.51. The van der Waals surface area contributed by atoms with Crippen LogP contribution in [0, 0.1) is 5.82 Å². The maximum Gasteiger partial charge on any atom is 0.415 e. The van der Waals surface area contributed by atoms with Gasteiger partial charge in [0.2, 0.25) is 0 Å². The molecule has 40 heavy (non-hydrogen) atoms. The molecule has 0 aliphatic carbocycles. The van der Waals surface area contributed by atoms with Gasteiger partial charge in [-0.2, -0.15) is 0 Å². The van der Waals surface area contributed by atoms with Crippen molar-refractivity contribution in [2.45, 2.75) is 32.3 Å². The van der Waals surface area contributed by atoms with Gasteiger partial charge in [-0.3, -0.25) is 0 Å². The number of carboxylic acids is 1. The molecule has 0 radical (unpaired) electrons. The summed E-state index contributed by atoms with van der Waals surface area (Å²) in [5.41, 5.74) is 0.809. The third kappa shape index (κ3) is 10.7. The average molecular weight is 574 g/mol. The zero-order valence-corrected chi connectivity index (χ0v) is 23.0. The fourth-order valence-corrected chi connectivity index (χ4v) is 3.84. The number of unbranched alkanes of at least 4 members (excludes halogenated alkanes) is 1. The lowest BCUT2D eigenvalue weighted by molar-refractivity contribution is -0.149. The van der Waals surface area contributed by atoms with Crippen LogP contribution in [0.4, 0.5) is 9.18 Å². The van der Waals surface area contributed by atoms with Crippen LogP contribution in [0.25, 0.3) is 0 Å². The molecule has 0 bridgehead atoms. The molecule has 0 spiro atoms. The van der Waals surface area contributed by atoms with E-state index in [-0.39, 0.29) is 25.4 Å². The number of carbonyl (C=O) groups excluding carboxylic acids is 1. The highest BCUT2D eigenvalue weighted by Crippen LogP contribution is 2.18. The second kappa shape index (κ2) is 16.3. The van der Waals surface area contributed by atoms with E-state index in [1.165, 1.54) is 12.1 Å². The Morgan fingerprint density at radius 1 is 0.850 bits per heavy atom. The van der Waals surface area contributed by atoms with Crippen molar-refractivity contribution in [1.82, 2.24) is 4.90 Å². The number of amides is 1. The zero-order chi connectivity index (χ0) is 28.7. The average Bonchev–Trinajstić information content (AvgIpc) is 2.94. The van der Waals surface area contributed by atoms with Crippen LogP contribution in [0.1, 0.15) is 25.3 Å². The monoisotopic (exact) mass is 573 g/mol. The lowest BCUT2D eigenvalue weighted by atomic mass is 10.1. The van der Waals surface area contributed by atoms with Crippen molar-refractivity contribution in [1.29, 1.82) is 0 Å². The molecule has 0 aliphatic rings. The number of hydrogen-bond acceptors (Lipinski definition) is 6. The van der Waals surface area contributed by atoms with Crippen molar-refractivity contribution in [3.8, 4) is 17.2 Å². The topological polar surface area (TPSA) is 94.5 Å². The van der Waals surface area contributed by atoms with E-state index in [1.807, 2.05) is 0 Å². The van der Waals surface area contributed by atoms with Crippen LogP contribution in [0.2, 0.25) is 5.02 Å². The minimum Gasteiger partial charge on any atom is -0.494 e. The first-order chi connectivity index (χ1) is 19.3. The lowest BCUT2D eigenvalue weighted by Crippen LogP contribution is -2.37. The van der Waals surface area contributed by atoms with Gasteiger partial charge in [0.1, 0.15) is 29.7 Å². The minimum atomic E-state index is -1.00. The smallest absolute Gasteiger partial charge is 0.415 e. The summed E-state index contributed by atoms with van der Waals surface area (Å²) in [5.74, 6) is 0.215. The van der Waals surface area contributed by atoms with Crippen LogP contribution in [-0.4, -0.2) is 61.1 Å². The summed E-state index contributed by atoms with van der Waals surface area (Å²) in [4.78, 5) is 25.8. The van der Waals surface area contributed by atoms with Gasteiger partial charge in [0, 0.05) is 24.6 Å². The largest absolute Gasteiger partial charge is 0.494 e. The van der Waals surface area contributed by atoms with E-state index in [2.05, 4.69) is 0 Å². The number of aliphatic carboxylic acids is 1. The van der Waals surface area contributed by atoms with E-state index in [0.29, 0.717) is 54.9 Å². The van der Waals surface area contributed by atoms with Crippen molar-refractivity contribution < 1.29 is 38.0 Å². The maximum atomic E-state index is 13.0. The number of ether oxygens (including phenoxy) is 4. The SMILES string of the molecule is CCOC(Cc1ccc(OCCN(CCCCOc2ccc(F)cc2)C(=O)Oc2ccc(Cl)cc2)cc1)C(=O)O. The molecule has 0 saturated carbocycles. The third-order valence-corrected chi connectivity index (χ3v) is 6.05. The fraction of sp³-hybridized carbons (Fsp3) is 0.333. The first-order valence-electron chi connectivity index (χ1n) is 13.0. The summed E-state index contributed by atoms with van der Waals surface area (Å²) >= 11 is 5.92. The van der Waals surface area contributed by atoms with E-state index in [0.717, 1.165) is 5.56 Å². The number of halogens is 2. The number of benzene rings is 3. The van der Waals surface area contributed by atoms with Gasteiger partial charge in [-0.05, 0) is 86.0 Å². The molecule has 1 N–H and O–H groups in total. The van der Waals surface area contributed by atoms with Crippen LogP contribution in [0.3, 0.4) is 0 Å². The van der Waals surface area contributed by atoms with Gasteiger partial charge in [0.05, 0.1) is 13.2 Å². The molecular weight excluding hydrogens is 541 g/mol. The summed E-state index contributed by atoms with van der Waals surface area (Å²) in [6.45, 7) is 3.39. The minimum absolute atomic E-state index is 0.220. The molecule has 10 heteroatoms. The first-order valence-corrected chi connectivity index (χ1v) is 13.4. The normalized spacial score (nSPS) is 11.5. The van der Waals surface area contributed by atoms with E-state index >= 15 is 0 Å². The second-order valence-electron chi connectivity index (χ2n) is 8.80. The van der Waals surface area contributed by atoms with Gasteiger partial charge in [0.15, 0.2) is 6.10 Å². The molecule has 214 valence electrons. The highest BCUT2D eigenvalue weighted by atomic mass is 35.5. The van der Waals surface area contributed by atoms with Crippen molar-refractivity contribution in [3.05, 3.63) is 89.2 Å². The molecule has 1 amide bonds. The van der Waals surface area contributed by atoms with Crippen LogP contribution in [-0.2, 0) is 16.0 Å². The quantitative estimate of drug-likeness (QED) is 0.202. The van der Waals surface area contributed by atoms with Gasteiger partial charge in [-0.25, -0.2) is 14.0 Å². The van der Waals surface area contributed by atoms with Gasteiger partial charge in [0.25, 0.3) is 0 Å². The number of hydrogen-bond donors (Lipinski definition) is 1. The zero-order valence-electron chi connectivity index (χ0n) is 22.3. The molecule has 3 aromatic carbocycles. The van der Waals surface area contributed by atoms with Crippen molar-refractivity contribution >= 4 is 23.7 Å². The summed E-state index contributed by atoms with van der Waals surface area (Å²) in [7, 11) is 0. The Morgan fingerprint density at radius 3 is 2.08 bits per heavy atom. The molecule has 3 rings (SSSR count). The Labute approximate surface area is 238 Å². The number of nitrogens with zero attached hydrogens (tertiary/aromatic N) is 1. The molecule has 0 heterocycles. The predicted octanol–water partition coefficient (Wildman–Crippen LogP) is 6.25. The molecule has 0 aliphatic heterocycles. The summed E-state index contributed by atoms with van der Waals surface area (Å²) in [6, 6.07) is 19.4. The second-order valence-corrected chi connectivity index (χ2v) is 9.23. The van der Waals surface area contributed by atoms with E-state index in [4.69, 9.17) is 30.5 Å². The molecule has 8 nitrogen and oxygen atoms in total. The Morgan fingerprint density at radius 2 is 1.45 bits per heavy atom. The van der Waals surface area contributed by atoms with Crippen LogP contribution in [0.5, 0.6) is 17.2 Å². The Hall–Kier alpha value is -3.82. The molecule has 0 saturated heterocycles. The highest BCUT2D eigenvalue weighted by Gasteiger charge is 2.18. The maximum absolute atomic E-state index is 13.0. The van der Waals surface area contributed by atoms with Crippen molar-refractivity contribution in [2.24, 2.45) is 0 Å². The number of carboxylic acid groups (broad SMARTS) is 1. The molecule has 3 aromatic rings. The third-order valence-electron chi connectivity index (χ3n) is 5.80. The van der Waals surface area contributed by atoms with Crippen LogP contribution < -0.4 is 14.2 Å². The summed E-state index contributed by atoms with van der Waals surface area (Å²) in [5, 5.41) is 9.81. The Bertz CT molecular complexity index is 1190. The lowest BCUT2D eigenvalue weighted by Gasteiger charge is -2.22. The first kappa shape index (κ1) is 30.7. The van der Waals surface area contributed by atoms with E-state index < -0.39 is 18.2 Å². The molecule has 0 fully saturated rings. The van der Waals surface area contributed by atoms with Crippen LogP contribution >= 0.6 is 11.6 Å². The van der Waals surface area contributed by atoms with Crippen molar-refractivity contribution in [2.75, 3.05) is 32.9 Å². The van der Waals surface area contributed by atoms with Gasteiger partial charge in [-0.15, -0.1) is 0 Å². The molecule has 0 aromatic heterocycles. The highest BCUT2D eigenvalue weighted by molar-refractivity contribution is 6.30. The van der Waals surface area contributed by atoms with E-state index in [1.54, 1.807) is 72.5 Å². The molecule has 1 atom stereocenters. The fourth-order valence-electron chi connectivity index (χ4n) is 3.72.